The topological polar surface area (TPSA) is 40.5 Å². The molecule has 0 fully saturated rings. The van der Waals surface area contributed by atoms with Gasteiger partial charge in [0.1, 0.15) is 0 Å². The fourth-order valence-corrected chi connectivity index (χ4v) is 3.28. The second kappa shape index (κ2) is 4.96. The van der Waals surface area contributed by atoms with E-state index in [-0.39, 0.29) is 5.91 Å². The number of carbonyl (C=O) groups is 1. The number of hydrogen-bond acceptors (Lipinski definition) is 3. The van der Waals surface area contributed by atoms with Crippen molar-refractivity contribution in [2.24, 2.45) is 0 Å². The molecule has 0 saturated heterocycles. The molecule has 1 heterocycles. The maximum absolute atomic E-state index is 11.8. The summed E-state index contributed by atoms with van der Waals surface area (Å²) in [6.07, 6.45) is -1.02. The number of aryl methyl sites for hydroxylation is 1. The first kappa shape index (κ1) is 13.2. The van der Waals surface area contributed by atoms with Gasteiger partial charge in [0.15, 0.2) is 6.10 Å². The third kappa shape index (κ3) is 2.11. The van der Waals surface area contributed by atoms with Crippen molar-refractivity contribution in [2.75, 3.05) is 11.9 Å². The van der Waals surface area contributed by atoms with Gasteiger partial charge in [0.05, 0.1) is 5.69 Å². The molecule has 1 atom stereocenters. The van der Waals surface area contributed by atoms with Crippen LogP contribution in [0.15, 0.2) is 52.3 Å². The van der Waals surface area contributed by atoms with Gasteiger partial charge in [0.2, 0.25) is 0 Å². The fraction of sp³-hybridized carbons (Fsp3) is 0.188. The van der Waals surface area contributed by atoms with Crippen LogP contribution in [0.1, 0.15) is 17.2 Å². The van der Waals surface area contributed by atoms with Gasteiger partial charge in [-0.2, -0.15) is 0 Å². The van der Waals surface area contributed by atoms with Crippen LogP contribution in [0.25, 0.3) is 0 Å². The smallest absolute Gasteiger partial charge is 0.260 e. The number of aliphatic hydroxyl groups excluding tert-OH is 1. The third-order valence-corrected chi connectivity index (χ3v) is 4.71. The standard InChI is InChI=1S/C16H15NO2S/c1-10-5-3-4-6-14(10)20-11-7-8-12-13(9-11)17(2)16(19)15(12)18/h3-9,15,18H,1-2H3. The Labute approximate surface area is 122 Å². The molecule has 1 N–H and O–H groups in total. The Morgan fingerprint density at radius 3 is 2.70 bits per heavy atom. The molecule has 20 heavy (non-hydrogen) atoms. The van der Waals surface area contributed by atoms with Crippen LogP contribution >= 0.6 is 11.8 Å². The molecule has 1 unspecified atom stereocenters. The predicted octanol–water partition coefficient (Wildman–Crippen LogP) is 3.16. The van der Waals surface area contributed by atoms with Crippen LogP contribution in [-0.4, -0.2) is 18.1 Å². The number of rotatable bonds is 2. The lowest BCUT2D eigenvalue weighted by molar-refractivity contribution is -0.125. The Kier molecular flexibility index (Phi) is 3.28. The minimum absolute atomic E-state index is 0.266. The van der Waals surface area contributed by atoms with Crippen LogP contribution in [0.4, 0.5) is 5.69 Å². The van der Waals surface area contributed by atoms with Gasteiger partial charge in [-0.25, -0.2) is 0 Å². The van der Waals surface area contributed by atoms with Crippen LogP contribution < -0.4 is 4.90 Å². The Hall–Kier alpha value is -1.78. The summed E-state index contributed by atoms with van der Waals surface area (Å²) < 4.78 is 0. The summed E-state index contributed by atoms with van der Waals surface area (Å²) in [6.45, 7) is 2.08. The highest BCUT2D eigenvalue weighted by Crippen LogP contribution is 2.39. The highest BCUT2D eigenvalue weighted by molar-refractivity contribution is 7.99. The van der Waals surface area contributed by atoms with E-state index in [1.807, 2.05) is 30.3 Å². The van der Waals surface area contributed by atoms with Gasteiger partial charge in [0.25, 0.3) is 5.91 Å². The molecule has 3 nitrogen and oxygen atoms in total. The van der Waals surface area contributed by atoms with E-state index in [1.54, 1.807) is 18.8 Å². The molecule has 2 aromatic carbocycles. The van der Waals surface area contributed by atoms with E-state index >= 15 is 0 Å². The van der Waals surface area contributed by atoms with Crippen molar-refractivity contribution in [1.29, 1.82) is 0 Å². The van der Waals surface area contributed by atoms with Gasteiger partial charge in [-0.1, -0.05) is 36.0 Å². The lowest BCUT2D eigenvalue weighted by Crippen LogP contribution is -2.23. The van der Waals surface area contributed by atoms with Crippen LogP contribution in [0.3, 0.4) is 0 Å². The Morgan fingerprint density at radius 1 is 1.20 bits per heavy atom. The van der Waals surface area contributed by atoms with Crippen molar-refractivity contribution in [2.45, 2.75) is 22.8 Å². The van der Waals surface area contributed by atoms with E-state index in [1.165, 1.54) is 15.4 Å². The van der Waals surface area contributed by atoms with Crippen LogP contribution in [0, 0.1) is 6.92 Å². The van der Waals surface area contributed by atoms with Crippen molar-refractivity contribution in [1.82, 2.24) is 0 Å². The number of aliphatic hydroxyl groups is 1. The third-order valence-electron chi connectivity index (χ3n) is 3.54. The summed E-state index contributed by atoms with van der Waals surface area (Å²) in [5.41, 5.74) is 2.70. The summed E-state index contributed by atoms with van der Waals surface area (Å²) in [6, 6.07) is 13.9. The molecular formula is C16H15NO2S. The summed E-state index contributed by atoms with van der Waals surface area (Å²) in [5.74, 6) is -0.266. The molecule has 0 bridgehead atoms. The van der Waals surface area contributed by atoms with Gasteiger partial charge in [-0.05, 0) is 30.7 Å². The maximum atomic E-state index is 11.8. The fourth-order valence-electron chi connectivity index (χ4n) is 2.34. The number of anilines is 1. The van der Waals surface area contributed by atoms with Crippen molar-refractivity contribution in [3.8, 4) is 0 Å². The normalized spacial score (nSPS) is 17.4. The Balaban J connectivity index is 1.95. The number of fused-ring (bicyclic) bond motifs is 1. The van der Waals surface area contributed by atoms with Gasteiger partial charge < -0.3 is 10.0 Å². The van der Waals surface area contributed by atoms with Crippen LogP contribution in [-0.2, 0) is 4.79 Å². The van der Waals surface area contributed by atoms with E-state index < -0.39 is 6.10 Å². The van der Waals surface area contributed by atoms with Gasteiger partial charge in [0, 0.05) is 22.4 Å². The number of nitrogens with zero attached hydrogens (tertiary/aromatic N) is 1. The largest absolute Gasteiger partial charge is 0.378 e. The molecule has 1 amide bonds. The SMILES string of the molecule is Cc1ccccc1Sc1ccc2c(c1)N(C)C(=O)C2O. The van der Waals surface area contributed by atoms with Gasteiger partial charge >= 0.3 is 0 Å². The van der Waals surface area contributed by atoms with Crippen molar-refractivity contribution >= 4 is 23.4 Å². The van der Waals surface area contributed by atoms with Crippen molar-refractivity contribution in [3.05, 3.63) is 53.6 Å². The van der Waals surface area contributed by atoms with E-state index in [0.29, 0.717) is 5.56 Å². The number of amides is 1. The molecule has 1 aliphatic heterocycles. The van der Waals surface area contributed by atoms with Gasteiger partial charge in [-0.3, -0.25) is 4.79 Å². The monoisotopic (exact) mass is 285 g/mol. The molecule has 3 rings (SSSR count). The lowest BCUT2D eigenvalue weighted by atomic mass is 10.1. The average Bonchev–Trinajstić information content (AvgIpc) is 2.66. The summed E-state index contributed by atoms with van der Waals surface area (Å²) in [7, 11) is 1.69. The molecule has 4 heteroatoms. The van der Waals surface area contributed by atoms with E-state index in [4.69, 9.17) is 0 Å². The minimum atomic E-state index is -1.02. The highest BCUT2D eigenvalue weighted by Gasteiger charge is 2.33. The lowest BCUT2D eigenvalue weighted by Gasteiger charge is -2.11. The number of benzene rings is 2. The second-order valence-electron chi connectivity index (χ2n) is 4.89. The molecule has 0 spiro atoms. The zero-order chi connectivity index (χ0) is 14.3. The molecule has 2 aromatic rings. The zero-order valence-electron chi connectivity index (χ0n) is 11.3. The molecule has 0 radical (unpaired) electrons. The molecule has 102 valence electrons. The average molecular weight is 285 g/mol. The van der Waals surface area contributed by atoms with E-state index in [2.05, 4.69) is 19.1 Å². The zero-order valence-corrected chi connectivity index (χ0v) is 12.1. The first-order valence-electron chi connectivity index (χ1n) is 6.41. The summed E-state index contributed by atoms with van der Waals surface area (Å²) in [4.78, 5) is 15.5. The highest BCUT2D eigenvalue weighted by atomic mass is 32.2. The summed E-state index contributed by atoms with van der Waals surface area (Å²) in [5, 5.41) is 9.85. The molecule has 0 aliphatic carbocycles. The Bertz CT molecular complexity index is 684. The maximum Gasteiger partial charge on any atom is 0.260 e. The molecule has 0 saturated carbocycles. The first-order chi connectivity index (χ1) is 9.58. The second-order valence-corrected chi connectivity index (χ2v) is 6.00. The minimum Gasteiger partial charge on any atom is -0.378 e. The number of likely N-dealkylation sites (N-methyl/N-ethyl adjacent to an activating group) is 1. The Morgan fingerprint density at radius 2 is 1.95 bits per heavy atom. The first-order valence-corrected chi connectivity index (χ1v) is 7.22. The van der Waals surface area contributed by atoms with E-state index in [9.17, 15) is 9.90 Å². The number of hydrogen-bond donors (Lipinski definition) is 1. The van der Waals surface area contributed by atoms with Crippen molar-refractivity contribution < 1.29 is 9.90 Å². The van der Waals surface area contributed by atoms with Crippen LogP contribution in [0.5, 0.6) is 0 Å². The van der Waals surface area contributed by atoms with E-state index in [0.717, 1.165) is 10.6 Å². The summed E-state index contributed by atoms with van der Waals surface area (Å²) >= 11 is 1.67. The quantitative estimate of drug-likeness (QED) is 0.921. The molecule has 0 aromatic heterocycles. The molecular weight excluding hydrogens is 270 g/mol. The predicted molar refractivity (Wildman–Crippen MR) is 80.1 cm³/mol. The van der Waals surface area contributed by atoms with Crippen LogP contribution in [0.2, 0.25) is 0 Å². The van der Waals surface area contributed by atoms with Crippen molar-refractivity contribution in [3.63, 3.8) is 0 Å². The number of carbonyl (C=O) groups excluding carboxylic acids is 1. The van der Waals surface area contributed by atoms with Gasteiger partial charge in [-0.15, -0.1) is 0 Å². The molecule has 1 aliphatic rings.